The lowest BCUT2D eigenvalue weighted by Gasteiger charge is -2.11. The molecule has 0 saturated heterocycles. The van der Waals surface area contributed by atoms with Crippen molar-refractivity contribution in [2.24, 2.45) is 0 Å². The van der Waals surface area contributed by atoms with Crippen molar-refractivity contribution in [2.45, 2.75) is 13.5 Å². The smallest absolute Gasteiger partial charge is 0.143 e. The first-order chi connectivity index (χ1) is 10.2. The lowest BCUT2D eigenvalue weighted by molar-refractivity contribution is 0.616. The minimum absolute atomic E-state index is 0.192. The first kappa shape index (κ1) is 13.2. The van der Waals surface area contributed by atoms with Crippen molar-refractivity contribution in [3.63, 3.8) is 0 Å². The monoisotopic (exact) mass is 283 g/mol. The van der Waals surface area contributed by atoms with E-state index in [-0.39, 0.29) is 5.82 Å². The second kappa shape index (κ2) is 5.70. The molecule has 5 nitrogen and oxygen atoms in total. The van der Waals surface area contributed by atoms with Gasteiger partial charge in [0.15, 0.2) is 0 Å². The minimum Gasteiger partial charge on any atom is -0.379 e. The number of halogens is 1. The number of nitrogens with zero attached hydrogens (tertiary/aromatic N) is 4. The summed E-state index contributed by atoms with van der Waals surface area (Å²) in [5, 5.41) is 14.4. The van der Waals surface area contributed by atoms with E-state index in [4.69, 9.17) is 0 Å². The van der Waals surface area contributed by atoms with Crippen LogP contribution < -0.4 is 5.32 Å². The molecule has 0 fully saturated rings. The van der Waals surface area contributed by atoms with Gasteiger partial charge in [-0.2, -0.15) is 4.68 Å². The maximum absolute atomic E-state index is 13.5. The predicted molar refractivity (Wildman–Crippen MR) is 77.6 cm³/mol. The van der Waals surface area contributed by atoms with E-state index in [2.05, 4.69) is 20.8 Å². The second-order valence-corrected chi connectivity index (χ2v) is 4.71. The van der Waals surface area contributed by atoms with Crippen LogP contribution in [0.4, 0.5) is 10.1 Å². The summed E-state index contributed by atoms with van der Waals surface area (Å²) in [4.78, 5) is 0. The number of hydrogen-bond donors (Lipinski definition) is 1. The number of tetrazole rings is 1. The predicted octanol–water partition coefficient (Wildman–Crippen LogP) is 2.72. The first-order valence-corrected chi connectivity index (χ1v) is 6.55. The Morgan fingerprint density at radius 1 is 1.19 bits per heavy atom. The molecule has 106 valence electrons. The van der Waals surface area contributed by atoms with Crippen LogP contribution in [0.25, 0.3) is 5.69 Å². The third-order valence-corrected chi connectivity index (χ3v) is 3.22. The Kier molecular flexibility index (Phi) is 3.59. The van der Waals surface area contributed by atoms with Crippen molar-refractivity contribution in [3.05, 3.63) is 65.7 Å². The highest BCUT2D eigenvalue weighted by Gasteiger charge is 2.05. The zero-order chi connectivity index (χ0) is 14.7. The average molecular weight is 283 g/mol. The Hall–Kier alpha value is -2.76. The summed E-state index contributed by atoms with van der Waals surface area (Å²) in [5.41, 5.74) is 3.25. The highest BCUT2D eigenvalue weighted by atomic mass is 19.1. The molecule has 0 radical (unpaired) electrons. The van der Waals surface area contributed by atoms with Gasteiger partial charge < -0.3 is 5.32 Å². The average Bonchev–Trinajstić information content (AvgIpc) is 3.03. The van der Waals surface area contributed by atoms with Crippen LogP contribution in [0.5, 0.6) is 0 Å². The van der Waals surface area contributed by atoms with Gasteiger partial charge in [-0.25, -0.2) is 4.39 Å². The molecule has 0 bridgehead atoms. The quantitative estimate of drug-likeness (QED) is 0.800. The highest BCUT2D eigenvalue weighted by molar-refractivity contribution is 5.60. The molecular formula is C15H14FN5. The maximum Gasteiger partial charge on any atom is 0.143 e. The molecular weight excluding hydrogens is 269 g/mol. The third-order valence-electron chi connectivity index (χ3n) is 3.22. The zero-order valence-corrected chi connectivity index (χ0v) is 11.5. The largest absolute Gasteiger partial charge is 0.379 e. The van der Waals surface area contributed by atoms with E-state index in [9.17, 15) is 4.39 Å². The molecule has 0 unspecified atom stereocenters. The van der Waals surface area contributed by atoms with Crippen molar-refractivity contribution in [1.82, 2.24) is 20.2 Å². The van der Waals surface area contributed by atoms with Crippen LogP contribution >= 0.6 is 0 Å². The Morgan fingerprint density at radius 2 is 2.05 bits per heavy atom. The van der Waals surface area contributed by atoms with Crippen LogP contribution in [0.15, 0.2) is 48.8 Å². The van der Waals surface area contributed by atoms with E-state index in [0.717, 1.165) is 16.9 Å². The second-order valence-electron chi connectivity index (χ2n) is 4.71. The molecule has 1 aromatic heterocycles. The minimum atomic E-state index is -0.192. The van der Waals surface area contributed by atoms with Gasteiger partial charge in [0.2, 0.25) is 0 Å². The van der Waals surface area contributed by atoms with Gasteiger partial charge in [-0.05, 0) is 46.7 Å². The summed E-state index contributed by atoms with van der Waals surface area (Å²) in [6.45, 7) is 2.27. The van der Waals surface area contributed by atoms with Crippen molar-refractivity contribution in [2.75, 3.05) is 5.32 Å². The Labute approximate surface area is 121 Å². The standard InChI is InChI=1S/C15H14FN5/c1-11-6-7-12(8-13(11)16)9-17-14-4-2-3-5-15(14)21-10-18-19-20-21/h2-8,10,17H,9H2,1H3. The topological polar surface area (TPSA) is 55.6 Å². The molecule has 1 heterocycles. The number of aryl methyl sites for hydroxylation is 1. The van der Waals surface area contributed by atoms with E-state index in [1.807, 2.05) is 30.3 Å². The van der Waals surface area contributed by atoms with Crippen LogP contribution in [0, 0.1) is 12.7 Å². The normalized spacial score (nSPS) is 10.6. The SMILES string of the molecule is Cc1ccc(CNc2ccccc2-n2cnnn2)cc1F. The van der Waals surface area contributed by atoms with Crippen molar-refractivity contribution < 1.29 is 4.39 Å². The van der Waals surface area contributed by atoms with Gasteiger partial charge in [0, 0.05) is 6.54 Å². The fraction of sp³-hybridized carbons (Fsp3) is 0.133. The number of benzene rings is 2. The molecule has 0 aliphatic rings. The van der Waals surface area contributed by atoms with E-state index in [0.29, 0.717) is 12.1 Å². The number of rotatable bonds is 4. The van der Waals surface area contributed by atoms with Crippen LogP contribution in [0.1, 0.15) is 11.1 Å². The summed E-state index contributed by atoms with van der Waals surface area (Å²) < 4.78 is 15.1. The Morgan fingerprint density at radius 3 is 2.81 bits per heavy atom. The molecule has 0 saturated carbocycles. The van der Waals surface area contributed by atoms with Gasteiger partial charge in [-0.3, -0.25) is 0 Å². The van der Waals surface area contributed by atoms with Crippen molar-refractivity contribution >= 4 is 5.69 Å². The molecule has 3 rings (SSSR count). The highest BCUT2D eigenvalue weighted by Crippen LogP contribution is 2.19. The lowest BCUT2D eigenvalue weighted by atomic mass is 10.1. The van der Waals surface area contributed by atoms with E-state index < -0.39 is 0 Å². The summed E-state index contributed by atoms with van der Waals surface area (Å²) >= 11 is 0. The Balaban J connectivity index is 1.81. The summed E-state index contributed by atoms with van der Waals surface area (Å²) in [6.07, 6.45) is 1.53. The third kappa shape index (κ3) is 2.89. The number of hydrogen-bond acceptors (Lipinski definition) is 4. The molecule has 0 atom stereocenters. The van der Waals surface area contributed by atoms with Crippen LogP contribution in [-0.2, 0) is 6.54 Å². The molecule has 6 heteroatoms. The van der Waals surface area contributed by atoms with Crippen molar-refractivity contribution in [3.8, 4) is 5.69 Å². The summed E-state index contributed by atoms with van der Waals surface area (Å²) in [5.74, 6) is -0.192. The fourth-order valence-corrected chi connectivity index (χ4v) is 2.04. The summed E-state index contributed by atoms with van der Waals surface area (Å²) in [6, 6.07) is 12.9. The van der Waals surface area contributed by atoms with Crippen molar-refractivity contribution in [1.29, 1.82) is 0 Å². The van der Waals surface area contributed by atoms with Gasteiger partial charge in [-0.1, -0.05) is 24.3 Å². The molecule has 2 aromatic carbocycles. The number of nitrogens with one attached hydrogen (secondary N) is 1. The summed E-state index contributed by atoms with van der Waals surface area (Å²) in [7, 11) is 0. The number of aromatic nitrogens is 4. The maximum atomic E-state index is 13.5. The zero-order valence-electron chi connectivity index (χ0n) is 11.5. The van der Waals surface area contributed by atoms with Crippen LogP contribution in [0.3, 0.4) is 0 Å². The molecule has 0 spiro atoms. The fourth-order valence-electron chi connectivity index (χ4n) is 2.04. The van der Waals surface area contributed by atoms with Crippen LogP contribution in [0.2, 0.25) is 0 Å². The van der Waals surface area contributed by atoms with E-state index >= 15 is 0 Å². The molecule has 21 heavy (non-hydrogen) atoms. The van der Waals surface area contributed by atoms with E-state index in [1.54, 1.807) is 23.7 Å². The number of anilines is 1. The molecule has 1 N–H and O–H groups in total. The van der Waals surface area contributed by atoms with Crippen LogP contribution in [-0.4, -0.2) is 20.2 Å². The molecule has 0 aliphatic carbocycles. The van der Waals surface area contributed by atoms with Gasteiger partial charge in [0.05, 0.1) is 11.4 Å². The molecule has 3 aromatic rings. The van der Waals surface area contributed by atoms with Gasteiger partial charge >= 0.3 is 0 Å². The number of para-hydroxylation sites is 2. The molecule has 0 aliphatic heterocycles. The van der Waals surface area contributed by atoms with Gasteiger partial charge in [-0.15, -0.1) is 5.10 Å². The van der Waals surface area contributed by atoms with Gasteiger partial charge in [0.1, 0.15) is 12.1 Å². The van der Waals surface area contributed by atoms with Gasteiger partial charge in [0.25, 0.3) is 0 Å². The first-order valence-electron chi connectivity index (χ1n) is 6.55. The van der Waals surface area contributed by atoms with E-state index in [1.165, 1.54) is 6.33 Å². The Bertz CT molecular complexity index is 740. The molecule has 0 amide bonds. The lowest BCUT2D eigenvalue weighted by Crippen LogP contribution is -2.05.